The van der Waals surface area contributed by atoms with Crippen molar-refractivity contribution >= 4 is 23.2 Å². The second-order valence-electron chi connectivity index (χ2n) is 9.18. The number of hydrogen-bond acceptors (Lipinski definition) is 5. The highest BCUT2D eigenvalue weighted by atomic mass is 32.1. The number of rotatable bonds is 11. The van der Waals surface area contributed by atoms with Crippen molar-refractivity contribution in [2.45, 2.75) is 26.4 Å². The zero-order valence-electron chi connectivity index (χ0n) is 21.0. The molecule has 7 heteroatoms. The van der Waals surface area contributed by atoms with Gasteiger partial charge in [-0.3, -0.25) is 14.5 Å². The third kappa shape index (κ3) is 8.01. The standard InChI is InChI=1S/C29H35N3O3S/c1-24-12-13-27(36-24)22-32(21-26-10-6-3-7-11-26)29(34)23-31(15-14-30-16-18-35-19-17-30)28(33)20-25-8-4-2-5-9-25/h2-13H,14-23H2,1H3. The maximum atomic E-state index is 13.7. The number of ether oxygens (including phenoxy) is 1. The summed E-state index contributed by atoms with van der Waals surface area (Å²) < 4.78 is 5.46. The van der Waals surface area contributed by atoms with Crippen molar-refractivity contribution in [2.75, 3.05) is 45.9 Å². The van der Waals surface area contributed by atoms with Gasteiger partial charge in [-0.25, -0.2) is 0 Å². The third-order valence-electron chi connectivity index (χ3n) is 6.38. The van der Waals surface area contributed by atoms with Gasteiger partial charge in [0.1, 0.15) is 0 Å². The van der Waals surface area contributed by atoms with Crippen LogP contribution in [0.15, 0.2) is 72.8 Å². The SMILES string of the molecule is Cc1ccc(CN(Cc2ccccc2)C(=O)CN(CCN2CCOCC2)C(=O)Cc2ccccc2)s1. The maximum Gasteiger partial charge on any atom is 0.242 e. The molecule has 0 bridgehead atoms. The first-order chi connectivity index (χ1) is 17.6. The number of carbonyl (C=O) groups excluding carboxylic acids is 2. The Morgan fingerprint density at radius 3 is 2.14 bits per heavy atom. The normalized spacial score (nSPS) is 13.9. The van der Waals surface area contributed by atoms with Crippen LogP contribution in [-0.4, -0.2) is 72.5 Å². The van der Waals surface area contributed by atoms with Crippen LogP contribution in [0.3, 0.4) is 0 Å². The molecule has 0 N–H and O–H groups in total. The van der Waals surface area contributed by atoms with E-state index < -0.39 is 0 Å². The molecule has 4 rings (SSSR count). The Balaban J connectivity index is 1.48. The number of nitrogens with zero attached hydrogens (tertiary/aromatic N) is 3. The average Bonchev–Trinajstić information content (AvgIpc) is 3.32. The number of morpholine rings is 1. The second-order valence-corrected chi connectivity index (χ2v) is 10.6. The van der Waals surface area contributed by atoms with Gasteiger partial charge in [0.05, 0.1) is 32.7 Å². The first-order valence-electron chi connectivity index (χ1n) is 12.6. The van der Waals surface area contributed by atoms with Crippen molar-refractivity contribution in [3.8, 4) is 0 Å². The second kappa shape index (κ2) is 13.3. The molecule has 190 valence electrons. The van der Waals surface area contributed by atoms with E-state index in [2.05, 4.69) is 24.0 Å². The summed E-state index contributed by atoms with van der Waals surface area (Å²) in [5.74, 6) is -0.0530. The first-order valence-corrected chi connectivity index (χ1v) is 13.4. The Hall–Kier alpha value is -3.00. The summed E-state index contributed by atoms with van der Waals surface area (Å²) in [6, 6.07) is 24.0. The molecular weight excluding hydrogens is 470 g/mol. The van der Waals surface area contributed by atoms with Crippen LogP contribution in [0.25, 0.3) is 0 Å². The smallest absolute Gasteiger partial charge is 0.242 e. The van der Waals surface area contributed by atoms with Crippen LogP contribution in [0.1, 0.15) is 20.9 Å². The number of aryl methyl sites for hydroxylation is 1. The molecule has 0 spiro atoms. The molecule has 2 amide bonds. The summed E-state index contributed by atoms with van der Waals surface area (Å²) >= 11 is 1.71. The van der Waals surface area contributed by atoms with Crippen molar-refractivity contribution in [1.82, 2.24) is 14.7 Å². The van der Waals surface area contributed by atoms with Gasteiger partial charge in [-0.15, -0.1) is 11.3 Å². The summed E-state index contributed by atoms with van der Waals surface area (Å²) in [6.07, 6.45) is 0.292. The van der Waals surface area contributed by atoms with Gasteiger partial charge >= 0.3 is 0 Å². The summed E-state index contributed by atoms with van der Waals surface area (Å²) in [6.45, 7) is 7.59. The zero-order chi connectivity index (χ0) is 25.2. The molecule has 1 fully saturated rings. The number of amides is 2. The van der Waals surface area contributed by atoms with Crippen LogP contribution in [0, 0.1) is 6.92 Å². The molecule has 1 aliphatic rings. The van der Waals surface area contributed by atoms with Crippen molar-refractivity contribution in [1.29, 1.82) is 0 Å². The van der Waals surface area contributed by atoms with Crippen LogP contribution in [-0.2, 0) is 33.8 Å². The lowest BCUT2D eigenvalue weighted by Crippen LogP contribution is -2.47. The highest BCUT2D eigenvalue weighted by molar-refractivity contribution is 7.11. The molecule has 0 atom stereocenters. The Kier molecular flexibility index (Phi) is 9.67. The van der Waals surface area contributed by atoms with Crippen LogP contribution >= 0.6 is 11.3 Å². The molecule has 0 unspecified atom stereocenters. The Morgan fingerprint density at radius 2 is 1.50 bits per heavy atom. The fraction of sp³-hybridized carbons (Fsp3) is 0.379. The van der Waals surface area contributed by atoms with E-state index in [4.69, 9.17) is 4.74 Å². The van der Waals surface area contributed by atoms with Crippen molar-refractivity contribution in [2.24, 2.45) is 0 Å². The average molecular weight is 506 g/mol. The van der Waals surface area contributed by atoms with Crippen molar-refractivity contribution in [3.63, 3.8) is 0 Å². The van der Waals surface area contributed by atoms with E-state index in [1.165, 1.54) is 4.88 Å². The number of hydrogen-bond donors (Lipinski definition) is 0. The fourth-order valence-corrected chi connectivity index (χ4v) is 5.22. The van der Waals surface area contributed by atoms with E-state index in [1.807, 2.05) is 65.6 Å². The number of benzene rings is 2. The van der Waals surface area contributed by atoms with Gasteiger partial charge in [0.15, 0.2) is 0 Å². The highest BCUT2D eigenvalue weighted by Gasteiger charge is 2.23. The molecule has 0 saturated carbocycles. The van der Waals surface area contributed by atoms with Crippen molar-refractivity contribution in [3.05, 3.63) is 93.7 Å². The topological polar surface area (TPSA) is 53.1 Å². The molecule has 1 saturated heterocycles. The molecule has 36 heavy (non-hydrogen) atoms. The highest BCUT2D eigenvalue weighted by Crippen LogP contribution is 2.19. The summed E-state index contributed by atoms with van der Waals surface area (Å²) in [5, 5.41) is 0. The predicted octanol–water partition coefficient (Wildman–Crippen LogP) is 3.99. The summed E-state index contributed by atoms with van der Waals surface area (Å²) in [5.41, 5.74) is 2.04. The maximum absolute atomic E-state index is 13.7. The minimum atomic E-state index is -0.0340. The lowest BCUT2D eigenvalue weighted by Gasteiger charge is -2.31. The van der Waals surface area contributed by atoms with E-state index in [0.717, 1.165) is 35.6 Å². The monoisotopic (exact) mass is 505 g/mol. The fourth-order valence-electron chi connectivity index (χ4n) is 4.32. The van der Waals surface area contributed by atoms with Crippen LogP contribution < -0.4 is 0 Å². The quantitative estimate of drug-likeness (QED) is 0.396. The van der Waals surface area contributed by atoms with E-state index in [0.29, 0.717) is 39.3 Å². The molecule has 3 aromatic rings. The van der Waals surface area contributed by atoms with Gasteiger partial charge in [-0.2, -0.15) is 0 Å². The number of carbonyl (C=O) groups is 2. The zero-order valence-corrected chi connectivity index (χ0v) is 21.8. The van der Waals surface area contributed by atoms with Gasteiger partial charge in [-0.1, -0.05) is 60.7 Å². The van der Waals surface area contributed by atoms with E-state index in [9.17, 15) is 9.59 Å². The van der Waals surface area contributed by atoms with Crippen LogP contribution in [0.5, 0.6) is 0 Å². The predicted molar refractivity (Wildman–Crippen MR) is 144 cm³/mol. The van der Waals surface area contributed by atoms with Crippen LogP contribution in [0.4, 0.5) is 0 Å². The summed E-state index contributed by atoms with van der Waals surface area (Å²) in [7, 11) is 0. The van der Waals surface area contributed by atoms with Gasteiger partial charge in [0.25, 0.3) is 0 Å². The molecular formula is C29H35N3O3S. The third-order valence-corrected chi connectivity index (χ3v) is 7.36. The van der Waals surface area contributed by atoms with Crippen LogP contribution in [0.2, 0.25) is 0 Å². The molecule has 0 radical (unpaired) electrons. The van der Waals surface area contributed by atoms with Gasteiger partial charge in [-0.05, 0) is 30.2 Å². The minimum absolute atomic E-state index is 0.0190. The molecule has 0 aliphatic carbocycles. The van der Waals surface area contributed by atoms with Crippen molar-refractivity contribution < 1.29 is 14.3 Å². The Bertz CT molecular complexity index is 1100. The first kappa shape index (κ1) is 26.1. The lowest BCUT2D eigenvalue weighted by atomic mass is 10.1. The van der Waals surface area contributed by atoms with Gasteiger partial charge in [0.2, 0.25) is 11.8 Å². The molecule has 6 nitrogen and oxygen atoms in total. The molecule has 1 aliphatic heterocycles. The van der Waals surface area contributed by atoms with E-state index >= 15 is 0 Å². The number of thiophene rings is 1. The molecule has 2 aromatic carbocycles. The Morgan fingerprint density at radius 1 is 0.833 bits per heavy atom. The largest absolute Gasteiger partial charge is 0.379 e. The summed E-state index contributed by atoms with van der Waals surface area (Å²) in [4.78, 5) is 35.3. The van der Waals surface area contributed by atoms with E-state index in [-0.39, 0.29) is 18.4 Å². The Labute approximate surface area is 218 Å². The van der Waals surface area contributed by atoms with E-state index in [1.54, 1.807) is 16.2 Å². The lowest BCUT2D eigenvalue weighted by molar-refractivity contribution is -0.141. The van der Waals surface area contributed by atoms with Gasteiger partial charge < -0.3 is 14.5 Å². The molecule has 2 heterocycles. The minimum Gasteiger partial charge on any atom is -0.379 e. The molecule has 1 aromatic heterocycles. The van der Waals surface area contributed by atoms with Gasteiger partial charge in [0, 0.05) is 42.5 Å².